The van der Waals surface area contributed by atoms with Gasteiger partial charge >= 0.3 is 11.9 Å². The van der Waals surface area contributed by atoms with Gasteiger partial charge in [0.05, 0.1) is 6.61 Å². The van der Waals surface area contributed by atoms with Gasteiger partial charge < -0.3 is 9.47 Å². The molecule has 0 atom stereocenters. The largest absolute Gasteiger partial charge is 0.466 e. The highest BCUT2D eigenvalue weighted by Crippen LogP contribution is 2.26. The van der Waals surface area contributed by atoms with Gasteiger partial charge in [0, 0.05) is 12.8 Å². The summed E-state index contributed by atoms with van der Waals surface area (Å²) in [6, 6.07) is 0. The van der Waals surface area contributed by atoms with Crippen LogP contribution in [0.5, 0.6) is 0 Å². The first-order chi connectivity index (χ1) is 16.5. The summed E-state index contributed by atoms with van der Waals surface area (Å²) in [7, 11) is 0. The molecule has 34 heavy (non-hydrogen) atoms. The second-order valence-corrected chi connectivity index (χ2v) is 11.2. The van der Waals surface area contributed by atoms with Crippen LogP contribution in [-0.2, 0) is 19.1 Å². The third-order valence-corrected chi connectivity index (χ3v) is 7.21. The Morgan fingerprint density at radius 2 is 1.12 bits per heavy atom. The topological polar surface area (TPSA) is 52.6 Å². The molecule has 1 saturated carbocycles. The van der Waals surface area contributed by atoms with E-state index in [-0.39, 0.29) is 18.0 Å². The van der Waals surface area contributed by atoms with Crippen molar-refractivity contribution >= 4 is 11.9 Å². The summed E-state index contributed by atoms with van der Waals surface area (Å²) in [5.41, 5.74) is 0. The maximum absolute atomic E-state index is 12.0. The summed E-state index contributed by atoms with van der Waals surface area (Å²) in [6.45, 7) is 7.47. The van der Waals surface area contributed by atoms with Gasteiger partial charge in [-0.3, -0.25) is 9.59 Å². The monoisotopic (exact) mass is 480 g/mol. The van der Waals surface area contributed by atoms with E-state index in [4.69, 9.17) is 9.47 Å². The van der Waals surface area contributed by atoms with Gasteiger partial charge in [-0.25, -0.2) is 0 Å². The summed E-state index contributed by atoms with van der Waals surface area (Å²) in [6.07, 6.45) is 23.5. The summed E-state index contributed by atoms with van der Waals surface area (Å²) in [5.74, 6) is 1.57. The van der Waals surface area contributed by atoms with Gasteiger partial charge in [0.1, 0.15) is 6.10 Å². The number of hydrogen-bond donors (Lipinski definition) is 0. The molecular formula is C30H56O4. The second-order valence-electron chi connectivity index (χ2n) is 11.2. The van der Waals surface area contributed by atoms with Crippen LogP contribution in [0.2, 0.25) is 0 Å². The molecule has 200 valence electrons. The summed E-state index contributed by atoms with van der Waals surface area (Å²) in [4.78, 5) is 23.8. The molecule has 0 heterocycles. The molecule has 0 amide bonds. The Morgan fingerprint density at radius 1 is 0.647 bits per heavy atom. The van der Waals surface area contributed by atoms with Crippen LogP contribution in [0.4, 0.5) is 0 Å². The van der Waals surface area contributed by atoms with Crippen LogP contribution in [0.1, 0.15) is 156 Å². The van der Waals surface area contributed by atoms with Gasteiger partial charge in [-0.2, -0.15) is 0 Å². The minimum Gasteiger partial charge on any atom is -0.466 e. The molecule has 1 aliphatic rings. The van der Waals surface area contributed by atoms with E-state index in [0.29, 0.717) is 19.4 Å². The average molecular weight is 481 g/mol. The molecule has 0 saturated heterocycles. The number of unbranched alkanes of at least 4 members (excludes halogenated alkanes) is 12. The van der Waals surface area contributed by atoms with Crippen molar-refractivity contribution in [3.05, 3.63) is 0 Å². The lowest BCUT2D eigenvalue weighted by Crippen LogP contribution is -2.23. The lowest BCUT2D eigenvalue weighted by atomic mass is 9.89. The highest BCUT2D eigenvalue weighted by atomic mass is 16.5. The Morgan fingerprint density at radius 3 is 1.68 bits per heavy atom. The van der Waals surface area contributed by atoms with Gasteiger partial charge in [-0.15, -0.1) is 0 Å². The summed E-state index contributed by atoms with van der Waals surface area (Å²) in [5, 5.41) is 0. The average Bonchev–Trinajstić information content (AvgIpc) is 2.80. The van der Waals surface area contributed by atoms with E-state index in [1.807, 2.05) is 0 Å². The number of carbonyl (C=O) groups is 2. The number of hydrogen-bond acceptors (Lipinski definition) is 4. The summed E-state index contributed by atoms with van der Waals surface area (Å²) >= 11 is 0. The molecule has 0 bridgehead atoms. The van der Waals surface area contributed by atoms with Crippen molar-refractivity contribution in [3.63, 3.8) is 0 Å². The highest BCUT2D eigenvalue weighted by Gasteiger charge is 2.21. The first kappa shape index (κ1) is 31.0. The van der Waals surface area contributed by atoms with E-state index in [1.165, 1.54) is 64.2 Å². The zero-order chi connectivity index (χ0) is 24.9. The minimum atomic E-state index is -0.0370. The van der Waals surface area contributed by atoms with Crippen LogP contribution in [0.15, 0.2) is 0 Å². The predicted octanol–water partition coefficient (Wildman–Crippen LogP) is 8.94. The Labute approximate surface area is 211 Å². The lowest BCUT2D eigenvalue weighted by molar-refractivity contribution is -0.151. The molecule has 0 spiro atoms. The van der Waals surface area contributed by atoms with Crippen LogP contribution in [0.25, 0.3) is 0 Å². The van der Waals surface area contributed by atoms with Crippen molar-refractivity contribution < 1.29 is 19.1 Å². The Hall–Kier alpha value is -1.06. The number of rotatable bonds is 21. The molecule has 0 unspecified atom stereocenters. The van der Waals surface area contributed by atoms with E-state index in [9.17, 15) is 9.59 Å². The second kappa shape index (κ2) is 21.2. The van der Waals surface area contributed by atoms with E-state index >= 15 is 0 Å². The zero-order valence-corrected chi connectivity index (χ0v) is 22.9. The van der Waals surface area contributed by atoms with Crippen molar-refractivity contribution in [2.45, 2.75) is 162 Å². The molecule has 1 aliphatic carbocycles. The maximum atomic E-state index is 12.0. The van der Waals surface area contributed by atoms with Gasteiger partial charge in [0.25, 0.3) is 0 Å². The predicted molar refractivity (Wildman–Crippen MR) is 142 cm³/mol. The standard InChI is InChI=1S/C30H56O4/c1-26(2)18-14-10-6-4-5-9-13-17-25-33-29(31)19-15-11-7-8-12-16-20-30(32)34-28-23-21-27(3)22-24-28/h26-28H,4-25H2,1-3H3. The maximum Gasteiger partial charge on any atom is 0.306 e. The molecule has 1 fully saturated rings. The van der Waals surface area contributed by atoms with Crippen molar-refractivity contribution in [2.24, 2.45) is 11.8 Å². The van der Waals surface area contributed by atoms with Crippen LogP contribution >= 0.6 is 0 Å². The van der Waals surface area contributed by atoms with Crippen LogP contribution < -0.4 is 0 Å². The van der Waals surface area contributed by atoms with Crippen molar-refractivity contribution in [3.8, 4) is 0 Å². The first-order valence-corrected chi connectivity index (χ1v) is 14.8. The molecular weight excluding hydrogens is 424 g/mol. The molecule has 0 aromatic rings. The molecule has 0 N–H and O–H groups in total. The van der Waals surface area contributed by atoms with Crippen molar-refractivity contribution in [2.75, 3.05) is 6.61 Å². The van der Waals surface area contributed by atoms with Crippen molar-refractivity contribution in [1.82, 2.24) is 0 Å². The van der Waals surface area contributed by atoms with Gasteiger partial charge in [-0.1, -0.05) is 97.8 Å². The van der Waals surface area contributed by atoms with Crippen LogP contribution in [0, 0.1) is 11.8 Å². The van der Waals surface area contributed by atoms with Gasteiger partial charge in [0.15, 0.2) is 0 Å². The number of ether oxygens (including phenoxy) is 2. The Balaban J connectivity index is 1.78. The molecule has 0 radical (unpaired) electrons. The Kier molecular flexibility index (Phi) is 19.3. The third kappa shape index (κ3) is 19.3. The lowest BCUT2D eigenvalue weighted by Gasteiger charge is -2.25. The van der Waals surface area contributed by atoms with Gasteiger partial charge in [-0.05, 0) is 56.8 Å². The van der Waals surface area contributed by atoms with Gasteiger partial charge in [0.2, 0.25) is 0 Å². The van der Waals surface area contributed by atoms with E-state index < -0.39 is 0 Å². The fourth-order valence-corrected chi connectivity index (χ4v) is 4.81. The fourth-order valence-electron chi connectivity index (χ4n) is 4.81. The fraction of sp³-hybridized carbons (Fsp3) is 0.933. The molecule has 0 aromatic carbocycles. The van der Waals surface area contributed by atoms with Crippen LogP contribution in [0.3, 0.4) is 0 Å². The third-order valence-electron chi connectivity index (χ3n) is 7.21. The molecule has 4 heteroatoms. The normalized spacial score (nSPS) is 18.2. The Bertz CT molecular complexity index is 494. The SMILES string of the molecule is CC(C)CCCCCCCCCCOC(=O)CCCCCCCCC(=O)OC1CCC(C)CC1. The first-order valence-electron chi connectivity index (χ1n) is 14.8. The van der Waals surface area contributed by atoms with E-state index in [1.54, 1.807) is 0 Å². The van der Waals surface area contributed by atoms with E-state index in [2.05, 4.69) is 20.8 Å². The molecule has 1 rings (SSSR count). The highest BCUT2D eigenvalue weighted by molar-refractivity contribution is 5.69. The molecule has 0 aliphatic heterocycles. The van der Waals surface area contributed by atoms with Crippen LogP contribution in [-0.4, -0.2) is 24.6 Å². The minimum absolute atomic E-state index is 0.0144. The van der Waals surface area contributed by atoms with E-state index in [0.717, 1.165) is 69.6 Å². The quantitative estimate of drug-likeness (QED) is 0.121. The number of esters is 2. The summed E-state index contributed by atoms with van der Waals surface area (Å²) < 4.78 is 11.0. The molecule has 0 aromatic heterocycles. The van der Waals surface area contributed by atoms with Crippen molar-refractivity contribution in [1.29, 1.82) is 0 Å². The smallest absolute Gasteiger partial charge is 0.306 e. The zero-order valence-electron chi connectivity index (χ0n) is 22.9. The molecule has 4 nitrogen and oxygen atoms in total. The number of carbonyl (C=O) groups excluding carboxylic acids is 2.